The van der Waals surface area contributed by atoms with E-state index in [2.05, 4.69) is 21.1 Å². The molecular weight excluding hydrogens is 432 g/mol. The summed E-state index contributed by atoms with van der Waals surface area (Å²) in [6, 6.07) is 8.25. The zero-order chi connectivity index (χ0) is 19.1. The van der Waals surface area contributed by atoms with Crippen molar-refractivity contribution < 1.29 is 26.8 Å². The Labute approximate surface area is 156 Å². The summed E-state index contributed by atoms with van der Waals surface area (Å²) >= 11 is 3.31. The molecule has 0 aliphatic rings. The summed E-state index contributed by atoms with van der Waals surface area (Å²) < 4.78 is 57.8. The zero-order valence-electron chi connectivity index (χ0n) is 13.3. The predicted octanol–water partition coefficient (Wildman–Crippen LogP) is 3.95. The molecule has 2 aromatic carbocycles. The second-order valence-corrected chi connectivity index (χ2v) is 8.43. The Morgan fingerprint density at radius 3 is 2.54 bits per heavy atom. The van der Waals surface area contributed by atoms with E-state index < -0.39 is 33.0 Å². The molecule has 0 unspecified atom stereocenters. The standard InChI is InChI=1S/C17H12BrF2NO4S/c1-26(23,24)15-7-12(19)11(6-13(15)20)16-14(8-22)25-21-17(16)9-3-2-4-10(18)5-9/h2-7,22H,8H2,1H3. The lowest BCUT2D eigenvalue weighted by molar-refractivity contribution is 0.230. The molecule has 3 aromatic rings. The molecule has 0 aliphatic heterocycles. The molecule has 0 bridgehead atoms. The number of halogens is 3. The lowest BCUT2D eigenvalue weighted by atomic mass is 9.98. The van der Waals surface area contributed by atoms with Gasteiger partial charge in [0.25, 0.3) is 0 Å². The summed E-state index contributed by atoms with van der Waals surface area (Å²) in [6.45, 7) is -0.592. The van der Waals surface area contributed by atoms with Gasteiger partial charge in [-0.15, -0.1) is 0 Å². The fourth-order valence-electron chi connectivity index (χ4n) is 2.55. The molecule has 0 radical (unpaired) electrons. The fourth-order valence-corrected chi connectivity index (χ4v) is 3.68. The van der Waals surface area contributed by atoms with Crippen LogP contribution in [0.1, 0.15) is 5.76 Å². The van der Waals surface area contributed by atoms with E-state index in [1.165, 1.54) is 0 Å². The van der Waals surface area contributed by atoms with Gasteiger partial charge in [0.15, 0.2) is 15.6 Å². The molecule has 0 aliphatic carbocycles. The lowest BCUT2D eigenvalue weighted by Crippen LogP contribution is -2.03. The van der Waals surface area contributed by atoms with E-state index in [-0.39, 0.29) is 22.6 Å². The molecule has 0 atom stereocenters. The first-order valence-electron chi connectivity index (χ1n) is 7.27. The molecule has 3 rings (SSSR count). The third kappa shape index (κ3) is 3.42. The highest BCUT2D eigenvalue weighted by Crippen LogP contribution is 2.38. The van der Waals surface area contributed by atoms with Crippen LogP contribution in [0.5, 0.6) is 0 Å². The molecule has 0 amide bonds. The maximum atomic E-state index is 14.6. The second-order valence-electron chi connectivity index (χ2n) is 5.53. The van der Waals surface area contributed by atoms with E-state index in [0.29, 0.717) is 11.6 Å². The third-order valence-corrected chi connectivity index (χ3v) is 5.30. The van der Waals surface area contributed by atoms with Crippen LogP contribution in [0.4, 0.5) is 8.78 Å². The van der Waals surface area contributed by atoms with Gasteiger partial charge in [-0.05, 0) is 24.3 Å². The third-order valence-electron chi connectivity index (χ3n) is 3.69. The number of hydrogen-bond donors (Lipinski definition) is 1. The molecule has 136 valence electrons. The van der Waals surface area contributed by atoms with Crippen LogP contribution < -0.4 is 0 Å². The Hall–Kier alpha value is -2.10. The minimum Gasteiger partial charge on any atom is -0.388 e. The summed E-state index contributed by atoms with van der Waals surface area (Å²) in [7, 11) is -3.93. The highest BCUT2D eigenvalue weighted by atomic mass is 79.9. The number of aromatic nitrogens is 1. The Balaban J connectivity index is 2.28. The smallest absolute Gasteiger partial charge is 0.178 e. The van der Waals surface area contributed by atoms with Crippen LogP contribution in [0, 0.1) is 11.6 Å². The van der Waals surface area contributed by atoms with Crippen LogP contribution in [0.3, 0.4) is 0 Å². The van der Waals surface area contributed by atoms with Gasteiger partial charge in [0, 0.05) is 21.9 Å². The number of aliphatic hydroxyl groups is 1. The first-order chi connectivity index (χ1) is 12.2. The molecule has 26 heavy (non-hydrogen) atoms. The quantitative estimate of drug-likeness (QED) is 0.660. The first kappa shape index (κ1) is 18.7. The van der Waals surface area contributed by atoms with Gasteiger partial charge in [0.05, 0.1) is 5.56 Å². The lowest BCUT2D eigenvalue weighted by Gasteiger charge is -2.08. The van der Waals surface area contributed by atoms with Crippen LogP contribution in [-0.4, -0.2) is 24.9 Å². The number of sulfone groups is 1. The first-order valence-corrected chi connectivity index (χ1v) is 9.95. The van der Waals surface area contributed by atoms with Gasteiger partial charge in [0.1, 0.15) is 28.8 Å². The summed E-state index contributed by atoms with van der Waals surface area (Å²) in [5.74, 6) is -2.14. The van der Waals surface area contributed by atoms with E-state index >= 15 is 0 Å². The van der Waals surface area contributed by atoms with Gasteiger partial charge in [-0.3, -0.25) is 0 Å². The number of benzene rings is 2. The predicted molar refractivity (Wildman–Crippen MR) is 94.0 cm³/mol. The molecule has 1 aromatic heterocycles. The monoisotopic (exact) mass is 443 g/mol. The molecule has 0 saturated heterocycles. The Kier molecular flexibility index (Phi) is 4.96. The van der Waals surface area contributed by atoms with Crippen molar-refractivity contribution in [2.45, 2.75) is 11.5 Å². The van der Waals surface area contributed by atoms with Crippen molar-refractivity contribution in [1.82, 2.24) is 5.16 Å². The molecule has 9 heteroatoms. The van der Waals surface area contributed by atoms with Crippen LogP contribution in [-0.2, 0) is 16.4 Å². The Morgan fingerprint density at radius 2 is 1.92 bits per heavy atom. The van der Waals surface area contributed by atoms with Crippen molar-refractivity contribution in [3.05, 3.63) is 58.3 Å². The zero-order valence-corrected chi connectivity index (χ0v) is 15.7. The van der Waals surface area contributed by atoms with E-state index in [0.717, 1.165) is 16.8 Å². The van der Waals surface area contributed by atoms with Gasteiger partial charge in [0.2, 0.25) is 0 Å². The minimum absolute atomic E-state index is 0.0575. The molecular formula is C17H12BrF2NO4S. The van der Waals surface area contributed by atoms with E-state index in [4.69, 9.17) is 4.52 Å². The average molecular weight is 444 g/mol. The average Bonchev–Trinajstić information content (AvgIpc) is 2.99. The van der Waals surface area contributed by atoms with Crippen molar-refractivity contribution in [3.8, 4) is 22.4 Å². The number of rotatable bonds is 4. The topological polar surface area (TPSA) is 80.4 Å². The second kappa shape index (κ2) is 6.90. The van der Waals surface area contributed by atoms with Crippen LogP contribution in [0.25, 0.3) is 22.4 Å². The van der Waals surface area contributed by atoms with Crippen LogP contribution in [0.2, 0.25) is 0 Å². The van der Waals surface area contributed by atoms with Crippen LogP contribution in [0.15, 0.2) is 50.3 Å². The minimum atomic E-state index is -3.93. The fraction of sp³-hybridized carbons (Fsp3) is 0.118. The molecule has 0 spiro atoms. The van der Waals surface area contributed by atoms with Gasteiger partial charge >= 0.3 is 0 Å². The van der Waals surface area contributed by atoms with E-state index in [1.54, 1.807) is 24.3 Å². The number of aliphatic hydroxyl groups excluding tert-OH is 1. The molecule has 0 fully saturated rings. The summed E-state index contributed by atoms with van der Waals surface area (Å²) in [5, 5.41) is 13.3. The number of nitrogens with zero attached hydrogens (tertiary/aromatic N) is 1. The normalized spacial score (nSPS) is 11.7. The maximum absolute atomic E-state index is 14.6. The molecule has 5 nitrogen and oxygen atoms in total. The Morgan fingerprint density at radius 1 is 1.19 bits per heavy atom. The SMILES string of the molecule is CS(=O)(=O)c1cc(F)c(-c2c(-c3cccc(Br)c3)noc2CO)cc1F. The molecule has 1 N–H and O–H groups in total. The largest absolute Gasteiger partial charge is 0.388 e. The highest BCUT2D eigenvalue weighted by molar-refractivity contribution is 9.10. The summed E-state index contributed by atoms with van der Waals surface area (Å²) in [4.78, 5) is -0.746. The van der Waals surface area contributed by atoms with Crippen LogP contribution >= 0.6 is 15.9 Å². The van der Waals surface area contributed by atoms with Gasteiger partial charge in [-0.1, -0.05) is 33.2 Å². The highest BCUT2D eigenvalue weighted by Gasteiger charge is 2.25. The van der Waals surface area contributed by atoms with E-state index in [1.807, 2.05) is 0 Å². The molecule has 1 heterocycles. The maximum Gasteiger partial charge on any atom is 0.178 e. The van der Waals surface area contributed by atoms with E-state index in [9.17, 15) is 22.3 Å². The summed E-state index contributed by atoms with van der Waals surface area (Å²) in [5.41, 5.74) is 0.544. The van der Waals surface area contributed by atoms with Gasteiger partial charge < -0.3 is 9.63 Å². The van der Waals surface area contributed by atoms with Crippen molar-refractivity contribution in [2.24, 2.45) is 0 Å². The van der Waals surface area contributed by atoms with Crippen molar-refractivity contribution in [2.75, 3.05) is 6.26 Å². The Bertz CT molecular complexity index is 1100. The van der Waals surface area contributed by atoms with Crippen molar-refractivity contribution in [3.63, 3.8) is 0 Å². The van der Waals surface area contributed by atoms with Gasteiger partial charge in [-0.25, -0.2) is 17.2 Å². The summed E-state index contributed by atoms with van der Waals surface area (Å²) in [6.07, 6.45) is 0.788. The van der Waals surface area contributed by atoms with Crippen molar-refractivity contribution >= 4 is 25.8 Å². The number of hydrogen-bond acceptors (Lipinski definition) is 5. The van der Waals surface area contributed by atoms with Crippen molar-refractivity contribution in [1.29, 1.82) is 0 Å². The molecule has 0 saturated carbocycles. The van der Waals surface area contributed by atoms with Gasteiger partial charge in [-0.2, -0.15) is 0 Å².